The summed E-state index contributed by atoms with van der Waals surface area (Å²) in [6.45, 7) is 1.16. The van der Waals surface area contributed by atoms with Crippen molar-refractivity contribution in [2.24, 2.45) is 10.7 Å². The summed E-state index contributed by atoms with van der Waals surface area (Å²) in [5.74, 6) is 0. The van der Waals surface area contributed by atoms with Crippen molar-refractivity contribution in [2.45, 2.75) is 18.5 Å². The van der Waals surface area contributed by atoms with Crippen LogP contribution in [-0.4, -0.2) is 6.21 Å². The zero-order chi connectivity index (χ0) is 36.8. The van der Waals surface area contributed by atoms with E-state index in [9.17, 15) is 0 Å². The van der Waals surface area contributed by atoms with Crippen LogP contribution >= 0.6 is 0 Å². The predicted octanol–water partition coefficient (Wildman–Crippen LogP) is 12.2. The molecule has 55 heavy (non-hydrogen) atoms. The van der Waals surface area contributed by atoms with Gasteiger partial charge in [-0.05, 0) is 115 Å². The largest absolute Gasteiger partial charge is 0.326 e. The number of para-hydroxylation sites is 3. The molecule has 8 aromatic carbocycles. The third kappa shape index (κ3) is 5.43. The summed E-state index contributed by atoms with van der Waals surface area (Å²) in [6, 6.07) is 70.8. The summed E-state index contributed by atoms with van der Waals surface area (Å²) in [5, 5.41) is 0. The highest BCUT2D eigenvalue weighted by Gasteiger charge is 2.51. The Bertz CT molecular complexity index is 2680. The number of hydrogen-bond acceptors (Lipinski definition) is 3. The fourth-order valence-electron chi connectivity index (χ4n) is 8.86. The molecule has 8 aromatic rings. The van der Waals surface area contributed by atoms with E-state index in [4.69, 9.17) is 10.7 Å². The van der Waals surface area contributed by atoms with Gasteiger partial charge in [0.05, 0.1) is 23.3 Å². The fraction of sp³-hybridized carbons (Fsp3) is 0.0577. The molecule has 2 aliphatic rings. The molecular formula is C52H39N3. The number of aliphatic imine (C=N–C) groups is 1. The minimum atomic E-state index is -0.487. The van der Waals surface area contributed by atoms with E-state index in [2.05, 4.69) is 199 Å². The van der Waals surface area contributed by atoms with Crippen LogP contribution in [-0.2, 0) is 18.5 Å². The number of hydrogen-bond donors (Lipinski definition) is 1. The minimum Gasteiger partial charge on any atom is -0.326 e. The average molecular weight is 706 g/mol. The van der Waals surface area contributed by atoms with E-state index in [1.807, 2.05) is 6.21 Å². The smallest absolute Gasteiger partial charge is 0.0754 e. The van der Waals surface area contributed by atoms with Gasteiger partial charge in [-0.25, -0.2) is 0 Å². The maximum atomic E-state index is 5.77. The second-order valence-corrected chi connectivity index (χ2v) is 14.5. The number of nitrogens with zero attached hydrogens (tertiary/aromatic N) is 2. The van der Waals surface area contributed by atoms with Gasteiger partial charge >= 0.3 is 0 Å². The molecule has 2 N–H and O–H groups in total. The molecule has 0 amide bonds. The Labute approximate surface area is 322 Å². The maximum absolute atomic E-state index is 5.77. The van der Waals surface area contributed by atoms with Crippen molar-refractivity contribution >= 4 is 23.3 Å². The molecule has 1 spiro atoms. The average Bonchev–Trinajstić information content (AvgIpc) is 3.54. The summed E-state index contributed by atoms with van der Waals surface area (Å²) in [5.41, 5.74) is 24.8. The molecule has 0 fully saturated rings. The second kappa shape index (κ2) is 13.6. The van der Waals surface area contributed by atoms with Crippen LogP contribution in [0, 0.1) is 0 Å². The molecule has 0 unspecified atom stereocenters. The Morgan fingerprint density at radius 1 is 0.455 bits per heavy atom. The fourth-order valence-corrected chi connectivity index (χ4v) is 8.86. The Morgan fingerprint density at radius 3 is 1.75 bits per heavy atom. The van der Waals surface area contributed by atoms with Crippen LogP contribution in [0.25, 0.3) is 33.4 Å². The number of rotatable bonds is 7. The topological polar surface area (TPSA) is 41.6 Å². The highest BCUT2D eigenvalue weighted by Crippen LogP contribution is 2.63. The van der Waals surface area contributed by atoms with Crippen molar-refractivity contribution in [3.8, 4) is 33.4 Å². The Balaban J connectivity index is 1.07. The van der Waals surface area contributed by atoms with E-state index < -0.39 is 5.41 Å². The van der Waals surface area contributed by atoms with Crippen LogP contribution in [0.3, 0.4) is 0 Å². The second-order valence-electron chi connectivity index (χ2n) is 14.5. The summed E-state index contributed by atoms with van der Waals surface area (Å²) in [6.07, 6.45) is 1.94. The van der Waals surface area contributed by atoms with Crippen molar-refractivity contribution in [3.05, 3.63) is 233 Å². The monoisotopic (exact) mass is 705 g/mol. The van der Waals surface area contributed by atoms with E-state index in [1.54, 1.807) is 0 Å². The highest BCUT2D eigenvalue weighted by molar-refractivity contribution is 5.96. The lowest BCUT2D eigenvalue weighted by molar-refractivity contribution is 0.753. The van der Waals surface area contributed by atoms with E-state index in [1.165, 1.54) is 72.6 Å². The number of fused-ring (bicyclic) bond motifs is 9. The molecule has 0 bridgehead atoms. The first-order valence-corrected chi connectivity index (χ1v) is 19.0. The molecule has 0 aromatic heterocycles. The number of benzene rings is 8. The first kappa shape index (κ1) is 32.8. The van der Waals surface area contributed by atoms with E-state index in [-0.39, 0.29) is 0 Å². The van der Waals surface area contributed by atoms with Crippen LogP contribution < -0.4 is 10.6 Å². The normalized spacial score (nSPS) is 13.4. The number of anilines is 3. The zero-order valence-electron chi connectivity index (χ0n) is 30.4. The summed E-state index contributed by atoms with van der Waals surface area (Å²) < 4.78 is 0. The highest BCUT2D eigenvalue weighted by atomic mass is 15.2. The first-order chi connectivity index (χ1) is 27.2. The third-order valence-corrected chi connectivity index (χ3v) is 11.3. The molecule has 0 radical (unpaired) electrons. The van der Waals surface area contributed by atoms with Crippen molar-refractivity contribution < 1.29 is 0 Å². The minimum absolute atomic E-state index is 0.487. The SMILES string of the molecule is NCc1ccc(C=NCc2cccc(-c3cccc(-c4ccc5c(c4)C4(c6ccccc6-5)c5ccccc5N(c5ccccc5)c5ccccc54)c3)c2)cc1. The lowest BCUT2D eigenvalue weighted by atomic mass is 9.64. The van der Waals surface area contributed by atoms with Gasteiger partial charge in [-0.2, -0.15) is 0 Å². The molecule has 1 aliphatic heterocycles. The van der Waals surface area contributed by atoms with Gasteiger partial charge in [0, 0.05) is 18.4 Å². The van der Waals surface area contributed by atoms with Crippen LogP contribution in [0.1, 0.15) is 38.9 Å². The summed E-state index contributed by atoms with van der Waals surface area (Å²) in [4.78, 5) is 7.19. The molecule has 0 saturated carbocycles. The molecule has 262 valence electrons. The number of nitrogens with two attached hydrogens (primary N) is 1. The lowest BCUT2D eigenvalue weighted by Gasteiger charge is -2.45. The molecular weight excluding hydrogens is 667 g/mol. The quantitative estimate of drug-likeness (QED) is 0.168. The van der Waals surface area contributed by atoms with E-state index in [0.29, 0.717) is 13.1 Å². The molecule has 3 nitrogen and oxygen atoms in total. The predicted molar refractivity (Wildman–Crippen MR) is 228 cm³/mol. The molecule has 1 heterocycles. The first-order valence-electron chi connectivity index (χ1n) is 19.0. The van der Waals surface area contributed by atoms with Crippen LogP contribution in [0.15, 0.2) is 199 Å². The summed E-state index contributed by atoms with van der Waals surface area (Å²) in [7, 11) is 0. The Kier molecular flexibility index (Phi) is 8.09. The maximum Gasteiger partial charge on any atom is 0.0754 e. The Morgan fingerprint density at radius 2 is 1.04 bits per heavy atom. The molecule has 0 saturated heterocycles. The van der Waals surface area contributed by atoms with Gasteiger partial charge < -0.3 is 10.6 Å². The van der Waals surface area contributed by atoms with Crippen molar-refractivity contribution in [1.82, 2.24) is 0 Å². The van der Waals surface area contributed by atoms with Gasteiger partial charge in [0.1, 0.15) is 0 Å². The van der Waals surface area contributed by atoms with Crippen LogP contribution in [0.4, 0.5) is 17.1 Å². The van der Waals surface area contributed by atoms with Crippen LogP contribution in [0.2, 0.25) is 0 Å². The van der Waals surface area contributed by atoms with Gasteiger partial charge in [0.25, 0.3) is 0 Å². The summed E-state index contributed by atoms with van der Waals surface area (Å²) >= 11 is 0. The van der Waals surface area contributed by atoms with Gasteiger partial charge in [-0.3, -0.25) is 4.99 Å². The molecule has 1 aliphatic carbocycles. The Hall–Kier alpha value is -6.81. The van der Waals surface area contributed by atoms with E-state index in [0.717, 1.165) is 16.8 Å². The van der Waals surface area contributed by atoms with Crippen molar-refractivity contribution in [3.63, 3.8) is 0 Å². The molecule has 3 heteroatoms. The van der Waals surface area contributed by atoms with Gasteiger partial charge in [-0.1, -0.05) is 152 Å². The molecule has 0 atom stereocenters. The van der Waals surface area contributed by atoms with Crippen LogP contribution in [0.5, 0.6) is 0 Å². The van der Waals surface area contributed by atoms with Crippen molar-refractivity contribution in [2.75, 3.05) is 4.90 Å². The van der Waals surface area contributed by atoms with E-state index >= 15 is 0 Å². The lowest BCUT2D eigenvalue weighted by Crippen LogP contribution is -2.36. The third-order valence-electron chi connectivity index (χ3n) is 11.3. The zero-order valence-corrected chi connectivity index (χ0v) is 30.4. The standard InChI is InChI=1S/C52H39N3/c53-33-36-24-26-37(27-25-36)34-54-35-38-12-10-13-39(30-38)40-14-11-15-41(31-40)42-28-29-45-44-18-4-5-19-46(44)52(49(45)32-42)47-20-6-8-22-50(47)55(43-16-2-1-3-17-43)51-23-9-7-21-48(51)52/h1-32,34H,33,35,53H2. The van der Waals surface area contributed by atoms with Gasteiger partial charge in [0.15, 0.2) is 0 Å². The van der Waals surface area contributed by atoms with Gasteiger partial charge in [0.2, 0.25) is 0 Å². The molecule has 10 rings (SSSR count). The van der Waals surface area contributed by atoms with Crippen molar-refractivity contribution in [1.29, 1.82) is 0 Å². The van der Waals surface area contributed by atoms with Gasteiger partial charge in [-0.15, -0.1) is 0 Å².